The normalized spacial score (nSPS) is 23.5. The first-order chi connectivity index (χ1) is 20.3. The van der Waals surface area contributed by atoms with Crippen LogP contribution in [0.25, 0.3) is 0 Å². The van der Waals surface area contributed by atoms with E-state index in [-0.39, 0.29) is 16.5 Å². The quantitative estimate of drug-likeness (QED) is 0.0243. The zero-order valence-corrected chi connectivity index (χ0v) is 30.5. The Morgan fingerprint density at radius 1 is 1.18 bits per heavy atom. The van der Waals surface area contributed by atoms with Crippen molar-refractivity contribution in [3.8, 4) is 0 Å². The summed E-state index contributed by atoms with van der Waals surface area (Å²) in [5.41, 5.74) is 7.09. The number of allylic oxidation sites excluding steroid dienone is 14. The van der Waals surface area contributed by atoms with Crippen molar-refractivity contribution in [2.45, 2.75) is 88.1 Å². The fourth-order valence-electron chi connectivity index (χ4n) is 4.28. The molecule has 0 bridgehead atoms. The van der Waals surface area contributed by atoms with Crippen molar-refractivity contribution in [3.05, 3.63) is 117 Å². The Labute approximate surface area is 277 Å². The summed E-state index contributed by atoms with van der Waals surface area (Å²) in [5, 5.41) is 8.38. The average molecular weight is 635 g/mol. The second-order valence-electron chi connectivity index (χ2n) is 12.2. The predicted molar refractivity (Wildman–Crippen MR) is 199 cm³/mol. The van der Waals surface area contributed by atoms with Crippen molar-refractivity contribution in [3.63, 3.8) is 0 Å². The third-order valence-electron chi connectivity index (χ3n) is 8.28. The Kier molecular flexibility index (Phi) is 17.5. The highest BCUT2D eigenvalue weighted by Gasteiger charge is 2.31. The van der Waals surface area contributed by atoms with E-state index in [9.17, 15) is 9.59 Å². The smallest absolute Gasteiger partial charge is 0.197 e. The Balaban J connectivity index is 0.00000158. The van der Waals surface area contributed by atoms with Crippen LogP contribution in [0.3, 0.4) is 0 Å². The number of nitrogens with one attached hydrogen (secondary N) is 2. The molecule has 0 aromatic heterocycles. The third kappa shape index (κ3) is 12.2. The Morgan fingerprint density at radius 3 is 2.23 bits per heavy atom. The zero-order chi connectivity index (χ0) is 34.4. The molecule has 2 unspecified atom stereocenters. The number of hydrogen-bond donors (Lipinski definition) is 3. The molecular weight excluding hydrogens is 581 g/mol. The topological polar surface area (TPSA) is 70.0 Å². The minimum absolute atomic E-state index is 0.0400. The Morgan fingerprint density at radius 2 is 1.77 bits per heavy atom. The van der Waals surface area contributed by atoms with Gasteiger partial charge in [-0.05, 0) is 120 Å². The van der Waals surface area contributed by atoms with Crippen molar-refractivity contribution in [2.24, 2.45) is 11.3 Å². The lowest BCUT2D eigenvalue weighted by Crippen LogP contribution is -2.38. The van der Waals surface area contributed by atoms with Crippen LogP contribution in [0.4, 0.5) is 0 Å². The van der Waals surface area contributed by atoms with Gasteiger partial charge in [-0.3, -0.25) is 14.3 Å². The predicted octanol–water partition coefficient (Wildman–Crippen LogP) is 10.6. The molecule has 0 aromatic carbocycles. The SMILES string of the molecule is C/C=C(C)\C(C)=C(\C)C=N.C=C/C=C(/C)C(C)CC1(C)/C=C(\C)C(C)(C)C(=C)/C=C(/C=C(/C=O)C(=O)/C(=C/S)C(=C)C)SN1. The van der Waals surface area contributed by atoms with E-state index in [0.717, 1.165) is 22.5 Å². The molecule has 0 spiro atoms. The van der Waals surface area contributed by atoms with E-state index in [0.29, 0.717) is 23.4 Å². The van der Waals surface area contributed by atoms with Crippen molar-refractivity contribution < 1.29 is 9.59 Å². The number of thiol groups is 1. The summed E-state index contributed by atoms with van der Waals surface area (Å²) < 4.78 is 3.60. The molecule has 1 heterocycles. The number of carbonyl (C=O) groups excluding carboxylic acids is 2. The fraction of sp³-hybridized carbons (Fsp3) is 0.395. The molecule has 1 aliphatic rings. The molecule has 0 fully saturated rings. The van der Waals surface area contributed by atoms with Crippen LogP contribution < -0.4 is 4.72 Å². The molecule has 0 aromatic rings. The highest BCUT2D eigenvalue weighted by molar-refractivity contribution is 8.01. The number of carbonyl (C=O) groups is 2. The Hall–Kier alpha value is -2.93. The van der Waals surface area contributed by atoms with Gasteiger partial charge >= 0.3 is 0 Å². The standard InChI is InChI=1S/C29H39NO2S2.C9H15N/c1-11-12-20(4)21(5)15-29(10)16-23(7)28(8,9)22(6)13-25(34-30-29)14-24(17-31)27(32)26(18-33)19(2)3;1-5-7(2)9(4)8(3)6-10/h11-14,16-18,21,30,33H,1-2,6,15H2,3-5,7-10H3;5-6,10H,1-4H3/b20-12-,23-16+,24-14-,25-13-,26-18+;7-5-,9-8-,10-6?. The molecule has 6 heteroatoms. The number of aldehydes is 1. The molecule has 0 aliphatic carbocycles. The van der Waals surface area contributed by atoms with Gasteiger partial charge in [0.1, 0.15) is 0 Å². The van der Waals surface area contributed by atoms with Gasteiger partial charge in [-0.1, -0.05) is 81.5 Å². The lowest BCUT2D eigenvalue weighted by atomic mass is 9.75. The molecule has 2 atom stereocenters. The molecule has 1 rings (SSSR count). The van der Waals surface area contributed by atoms with Gasteiger partial charge in [0.05, 0.1) is 5.57 Å². The fourth-order valence-corrected chi connectivity index (χ4v) is 5.50. The second kappa shape index (κ2) is 18.8. The van der Waals surface area contributed by atoms with E-state index in [4.69, 9.17) is 5.41 Å². The summed E-state index contributed by atoms with van der Waals surface area (Å²) in [6.45, 7) is 34.6. The number of ketones is 1. The van der Waals surface area contributed by atoms with Gasteiger partial charge in [0.25, 0.3) is 0 Å². The molecule has 4 nitrogen and oxygen atoms in total. The third-order valence-corrected chi connectivity index (χ3v) is 9.58. The first kappa shape index (κ1) is 41.1. The first-order valence-electron chi connectivity index (χ1n) is 14.7. The largest absolute Gasteiger partial charge is 0.308 e. The molecule has 44 heavy (non-hydrogen) atoms. The molecule has 0 amide bonds. The van der Waals surface area contributed by atoms with Crippen LogP contribution in [-0.2, 0) is 9.59 Å². The lowest BCUT2D eigenvalue weighted by Gasteiger charge is -2.33. The molecular formula is C38H54N2O2S2. The van der Waals surface area contributed by atoms with Crippen LogP contribution >= 0.6 is 24.6 Å². The van der Waals surface area contributed by atoms with E-state index in [1.165, 1.54) is 45.9 Å². The van der Waals surface area contributed by atoms with E-state index in [1.54, 1.807) is 13.0 Å². The number of Topliss-reactive ketones (excluding diaryl/α,β-unsaturated/α-hetero) is 1. The van der Waals surface area contributed by atoms with Crippen LogP contribution in [-0.4, -0.2) is 23.8 Å². The van der Waals surface area contributed by atoms with Gasteiger partial charge in [0, 0.05) is 27.6 Å². The van der Waals surface area contributed by atoms with Crippen LogP contribution in [0.2, 0.25) is 0 Å². The van der Waals surface area contributed by atoms with E-state index in [2.05, 4.69) is 97.7 Å². The van der Waals surface area contributed by atoms with E-state index >= 15 is 0 Å². The maximum atomic E-state index is 12.9. The molecule has 1 aliphatic heterocycles. The maximum absolute atomic E-state index is 12.9. The zero-order valence-electron chi connectivity index (χ0n) is 28.8. The van der Waals surface area contributed by atoms with Crippen molar-refractivity contribution >= 4 is 42.9 Å². The highest BCUT2D eigenvalue weighted by atomic mass is 32.2. The van der Waals surface area contributed by atoms with E-state index < -0.39 is 5.78 Å². The minimum atomic E-state index is -0.403. The monoisotopic (exact) mass is 634 g/mol. The van der Waals surface area contributed by atoms with Crippen molar-refractivity contribution in [2.75, 3.05) is 0 Å². The van der Waals surface area contributed by atoms with Crippen LogP contribution in [0.5, 0.6) is 0 Å². The van der Waals surface area contributed by atoms with Gasteiger partial charge in [0.15, 0.2) is 12.1 Å². The van der Waals surface area contributed by atoms with Crippen molar-refractivity contribution in [1.29, 1.82) is 5.41 Å². The Bertz CT molecular complexity index is 1360. The highest BCUT2D eigenvalue weighted by Crippen LogP contribution is 2.40. The number of hydrogen-bond acceptors (Lipinski definition) is 6. The molecule has 0 saturated carbocycles. The summed E-state index contributed by atoms with van der Waals surface area (Å²) in [6.07, 6.45) is 14.6. The maximum Gasteiger partial charge on any atom is 0.197 e. The van der Waals surface area contributed by atoms with Crippen LogP contribution in [0, 0.1) is 16.7 Å². The summed E-state index contributed by atoms with van der Waals surface area (Å²) in [7, 11) is 0. The average Bonchev–Trinajstić information content (AvgIpc) is 2.99. The summed E-state index contributed by atoms with van der Waals surface area (Å²) in [4.78, 5) is 25.5. The van der Waals surface area contributed by atoms with Crippen molar-refractivity contribution in [1.82, 2.24) is 4.72 Å². The van der Waals surface area contributed by atoms with Gasteiger partial charge in [-0.2, -0.15) is 12.6 Å². The van der Waals surface area contributed by atoms with Gasteiger partial charge in [0.2, 0.25) is 0 Å². The van der Waals surface area contributed by atoms with Gasteiger partial charge < -0.3 is 5.41 Å². The first-order valence-corrected chi connectivity index (χ1v) is 16.1. The van der Waals surface area contributed by atoms with Gasteiger partial charge in [-0.15, -0.1) is 0 Å². The van der Waals surface area contributed by atoms with Gasteiger partial charge in [-0.25, -0.2) is 0 Å². The minimum Gasteiger partial charge on any atom is -0.308 e. The molecule has 240 valence electrons. The van der Waals surface area contributed by atoms with E-state index in [1.807, 2.05) is 39.0 Å². The molecule has 0 saturated heterocycles. The van der Waals surface area contributed by atoms with Crippen LogP contribution in [0.1, 0.15) is 82.6 Å². The lowest BCUT2D eigenvalue weighted by molar-refractivity contribution is -0.114. The summed E-state index contributed by atoms with van der Waals surface area (Å²) in [5.74, 6) is -0.0828. The molecule has 2 N–H and O–H groups in total. The number of rotatable bonds is 11. The summed E-state index contributed by atoms with van der Waals surface area (Å²) >= 11 is 5.52. The van der Waals surface area contributed by atoms with Crippen LogP contribution in [0.15, 0.2) is 117 Å². The second-order valence-corrected chi connectivity index (χ2v) is 13.3. The summed E-state index contributed by atoms with van der Waals surface area (Å²) in [6, 6.07) is 0. The molecule has 0 radical (unpaired) electrons.